The van der Waals surface area contributed by atoms with E-state index in [0.29, 0.717) is 16.9 Å². The van der Waals surface area contributed by atoms with Gasteiger partial charge in [-0.15, -0.1) is 0 Å². The zero-order chi connectivity index (χ0) is 21.8. The molecule has 3 heterocycles. The maximum absolute atomic E-state index is 10.9. The summed E-state index contributed by atoms with van der Waals surface area (Å²) in [6.07, 6.45) is 4.26. The van der Waals surface area contributed by atoms with Crippen LogP contribution in [0.1, 0.15) is 21.6 Å². The van der Waals surface area contributed by atoms with Crippen molar-refractivity contribution in [2.75, 3.05) is 5.32 Å². The van der Waals surface area contributed by atoms with Gasteiger partial charge in [-0.1, -0.05) is 48.4 Å². The number of nitrogens with one attached hydrogen (secondary N) is 1. The Morgan fingerprint density at radius 3 is 2.53 bits per heavy atom. The zero-order valence-corrected chi connectivity index (χ0v) is 16.9. The molecule has 152 valence electrons. The molecule has 0 aliphatic heterocycles. The maximum Gasteiger partial charge on any atom is 0.154 e. The van der Waals surface area contributed by atoms with Gasteiger partial charge in [0.25, 0.3) is 0 Å². The Labute approximate surface area is 184 Å². The highest BCUT2D eigenvalue weighted by atomic mass is 16.1. The number of fused-ring (bicyclic) bond motifs is 1. The van der Waals surface area contributed by atoms with Crippen molar-refractivity contribution in [1.82, 2.24) is 19.6 Å². The molecule has 2 aromatic carbocycles. The van der Waals surface area contributed by atoms with Crippen molar-refractivity contribution in [3.8, 4) is 23.1 Å². The largest absolute Gasteiger partial charge is 0.340 e. The third-order valence-electron chi connectivity index (χ3n) is 4.85. The van der Waals surface area contributed by atoms with Crippen LogP contribution in [-0.2, 0) is 0 Å². The number of hydrogen-bond acceptors (Lipinski definition) is 5. The van der Waals surface area contributed by atoms with Gasteiger partial charge >= 0.3 is 0 Å². The summed E-state index contributed by atoms with van der Waals surface area (Å²) in [5.74, 6) is 7.05. The number of carbonyl (C=O) groups excluding carboxylic acids is 1. The number of pyridine rings is 1. The van der Waals surface area contributed by atoms with Gasteiger partial charge in [-0.05, 0) is 42.3 Å². The summed E-state index contributed by atoms with van der Waals surface area (Å²) in [5.41, 5.74) is 5.50. The first-order valence-electron chi connectivity index (χ1n) is 9.99. The molecule has 0 amide bonds. The van der Waals surface area contributed by atoms with Crippen molar-refractivity contribution in [2.45, 2.75) is 0 Å². The van der Waals surface area contributed by atoms with Crippen molar-refractivity contribution in [3.05, 3.63) is 108 Å². The van der Waals surface area contributed by atoms with E-state index < -0.39 is 0 Å². The second kappa shape index (κ2) is 8.54. The molecule has 32 heavy (non-hydrogen) atoms. The van der Waals surface area contributed by atoms with E-state index in [1.807, 2.05) is 66.7 Å². The van der Waals surface area contributed by atoms with Gasteiger partial charge in [0.1, 0.15) is 17.8 Å². The zero-order valence-electron chi connectivity index (χ0n) is 16.9. The maximum atomic E-state index is 10.9. The topological polar surface area (TPSA) is 72.2 Å². The predicted molar refractivity (Wildman–Crippen MR) is 124 cm³/mol. The van der Waals surface area contributed by atoms with E-state index in [1.165, 1.54) is 0 Å². The summed E-state index contributed by atoms with van der Waals surface area (Å²) in [4.78, 5) is 19.6. The number of nitrogens with zero attached hydrogens (tertiary/aromatic N) is 4. The fraction of sp³-hybridized carbons (Fsp3) is 0. The van der Waals surface area contributed by atoms with E-state index in [2.05, 4.69) is 32.2 Å². The molecule has 0 fully saturated rings. The Morgan fingerprint density at radius 2 is 1.72 bits per heavy atom. The highest BCUT2D eigenvalue weighted by Crippen LogP contribution is 2.18. The average molecular weight is 415 g/mol. The molecule has 0 spiro atoms. The summed E-state index contributed by atoms with van der Waals surface area (Å²) < 4.78 is 1.72. The van der Waals surface area contributed by atoms with Crippen LogP contribution in [0.25, 0.3) is 16.9 Å². The molecule has 6 nitrogen and oxygen atoms in total. The summed E-state index contributed by atoms with van der Waals surface area (Å²) in [5, 5.41) is 7.96. The van der Waals surface area contributed by atoms with Crippen molar-refractivity contribution in [3.63, 3.8) is 0 Å². The number of rotatable bonds is 4. The smallest absolute Gasteiger partial charge is 0.154 e. The number of para-hydroxylation sites is 1. The van der Waals surface area contributed by atoms with Crippen molar-refractivity contribution in [2.24, 2.45) is 0 Å². The molecule has 0 unspecified atom stereocenters. The highest BCUT2D eigenvalue weighted by Gasteiger charge is 2.06. The highest BCUT2D eigenvalue weighted by molar-refractivity contribution is 5.76. The summed E-state index contributed by atoms with van der Waals surface area (Å²) in [6.45, 7) is 0. The van der Waals surface area contributed by atoms with Gasteiger partial charge in [-0.3, -0.25) is 4.79 Å². The summed E-state index contributed by atoms with van der Waals surface area (Å²) in [7, 11) is 0. The van der Waals surface area contributed by atoms with Gasteiger partial charge in [-0.2, -0.15) is 5.10 Å². The number of carbonyl (C=O) groups is 1. The monoisotopic (exact) mass is 415 g/mol. The minimum absolute atomic E-state index is 0.627. The molecule has 0 bridgehead atoms. The second-order valence-corrected chi connectivity index (χ2v) is 7.04. The van der Waals surface area contributed by atoms with Crippen LogP contribution in [0.2, 0.25) is 0 Å². The van der Waals surface area contributed by atoms with Gasteiger partial charge < -0.3 is 5.32 Å². The van der Waals surface area contributed by atoms with E-state index in [-0.39, 0.29) is 0 Å². The molecule has 5 rings (SSSR count). The van der Waals surface area contributed by atoms with Crippen LogP contribution in [0.5, 0.6) is 0 Å². The first kappa shape index (κ1) is 19.2. The molecule has 1 N–H and O–H groups in total. The van der Waals surface area contributed by atoms with Gasteiger partial charge in [0.15, 0.2) is 5.65 Å². The summed E-state index contributed by atoms with van der Waals surface area (Å²) >= 11 is 0. The van der Waals surface area contributed by atoms with Crippen molar-refractivity contribution in [1.29, 1.82) is 0 Å². The lowest BCUT2D eigenvalue weighted by molar-refractivity contribution is 0.112. The molecule has 0 aliphatic rings. The normalized spacial score (nSPS) is 10.4. The lowest BCUT2D eigenvalue weighted by atomic mass is 10.1. The number of imidazole rings is 1. The molecule has 0 saturated heterocycles. The molecule has 0 aliphatic carbocycles. The van der Waals surface area contributed by atoms with Crippen LogP contribution < -0.4 is 5.32 Å². The number of anilines is 2. The van der Waals surface area contributed by atoms with Crippen molar-refractivity contribution < 1.29 is 4.79 Å². The Morgan fingerprint density at radius 1 is 0.875 bits per heavy atom. The molecular weight excluding hydrogens is 398 g/mol. The molecule has 0 atom stereocenters. The van der Waals surface area contributed by atoms with Crippen LogP contribution >= 0.6 is 0 Å². The van der Waals surface area contributed by atoms with Crippen LogP contribution in [0.4, 0.5) is 11.5 Å². The van der Waals surface area contributed by atoms with Crippen LogP contribution in [0.15, 0.2) is 91.3 Å². The van der Waals surface area contributed by atoms with E-state index in [4.69, 9.17) is 0 Å². The minimum Gasteiger partial charge on any atom is -0.340 e. The number of aldehydes is 1. The first-order valence-corrected chi connectivity index (χ1v) is 9.99. The van der Waals surface area contributed by atoms with Gasteiger partial charge in [0.2, 0.25) is 0 Å². The summed E-state index contributed by atoms with van der Waals surface area (Å²) in [6, 6.07) is 24.7. The number of benzene rings is 2. The van der Waals surface area contributed by atoms with Crippen LogP contribution in [0.3, 0.4) is 0 Å². The van der Waals surface area contributed by atoms with E-state index in [9.17, 15) is 4.79 Å². The Hall–Kier alpha value is -4.76. The second-order valence-electron chi connectivity index (χ2n) is 7.04. The quantitative estimate of drug-likeness (QED) is 0.339. The third-order valence-corrected chi connectivity index (χ3v) is 4.85. The standard InChI is InChI=1S/C26H17N5O/c32-18-20-6-9-21(10-7-20)24-12-13-26-28-17-23(31(26)30-24)11-8-19-14-15-27-25(16-19)29-22-4-2-1-3-5-22/h1-7,9-10,12-18H,(H,27,29). The third kappa shape index (κ3) is 4.09. The number of aromatic nitrogens is 4. The molecule has 6 heteroatoms. The molecule has 0 saturated carbocycles. The minimum atomic E-state index is 0.627. The van der Waals surface area contributed by atoms with E-state index >= 15 is 0 Å². The fourth-order valence-electron chi connectivity index (χ4n) is 3.23. The van der Waals surface area contributed by atoms with Gasteiger partial charge in [0, 0.05) is 28.6 Å². The number of hydrogen-bond donors (Lipinski definition) is 1. The van der Waals surface area contributed by atoms with Crippen LogP contribution in [0, 0.1) is 11.8 Å². The average Bonchev–Trinajstić information content (AvgIpc) is 3.26. The SMILES string of the molecule is O=Cc1ccc(-c2ccc3ncc(C#Cc4ccnc(Nc5ccccc5)c4)n3n2)cc1. The first-order chi connectivity index (χ1) is 15.8. The molecule has 5 aromatic rings. The predicted octanol–water partition coefficient (Wildman–Crippen LogP) is 4.75. The van der Waals surface area contributed by atoms with Gasteiger partial charge in [-0.25, -0.2) is 14.5 Å². The lowest BCUT2D eigenvalue weighted by Crippen LogP contribution is -1.97. The van der Waals surface area contributed by atoms with Gasteiger partial charge in [0.05, 0.1) is 11.9 Å². The Kier molecular flexibility index (Phi) is 5.13. The molecule has 3 aromatic heterocycles. The Bertz CT molecular complexity index is 1460. The molecule has 0 radical (unpaired) electrons. The lowest BCUT2D eigenvalue weighted by Gasteiger charge is -2.05. The van der Waals surface area contributed by atoms with E-state index in [1.54, 1.807) is 29.0 Å². The fourth-order valence-corrected chi connectivity index (χ4v) is 3.23. The van der Waals surface area contributed by atoms with Crippen molar-refractivity contribution >= 4 is 23.4 Å². The molecular formula is C26H17N5O. The van der Waals surface area contributed by atoms with E-state index in [0.717, 1.165) is 34.6 Å². The van der Waals surface area contributed by atoms with Crippen LogP contribution in [-0.4, -0.2) is 25.9 Å². The Balaban J connectivity index is 1.44.